The Morgan fingerprint density at radius 1 is 1.25 bits per heavy atom. The van der Waals surface area contributed by atoms with E-state index in [0.717, 1.165) is 0 Å². The van der Waals surface area contributed by atoms with Crippen molar-refractivity contribution in [3.05, 3.63) is 73.8 Å². The van der Waals surface area contributed by atoms with Crippen LogP contribution in [-0.4, -0.2) is 33.7 Å². The van der Waals surface area contributed by atoms with E-state index in [0.29, 0.717) is 0 Å². The van der Waals surface area contributed by atoms with Gasteiger partial charge in [0.15, 0.2) is 0 Å². The first-order valence-corrected chi connectivity index (χ1v) is 9.93. The summed E-state index contributed by atoms with van der Waals surface area (Å²) in [6.07, 6.45) is -1.41. The van der Waals surface area contributed by atoms with Gasteiger partial charge in [0, 0.05) is 16.2 Å². The highest BCUT2D eigenvalue weighted by Crippen LogP contribution is 2.35. The molecule has 0 saturated heterocycles. The molecule has 0 aromatic heterocycles. The lowest BCUT2D eigenvalue weighted by molar-refractivity contribution is -0.514. The Balaban J connectivity index is 2.01. The van der Waals surface area contributed by atoms with Gasteiger partial charge in [-0.3, -0.25) is 25.8 Å². The zero-order valence-corrected chi connectivity index (χ0v) is 18.2. The Hall–Kier alpha value is -3.32. The average molecular weight is 497 g/mol. The summed E-state index contributed by atoms with van der Waals surface area (Å²) in [5, 5.41) is 18.4. The Labute approximate surface area is 196 Å². The summed E-state index contributed by atoms with van der Waals surface area (Å²) < 4.78 is 5.22. The topological polar surface area (TPSA) is 161 Å². The number of hydrazone groups is 1. The van der Waals surface area contributed by atoms with Crippen molar-refractivity contribution in [1.82, 2.24) is 10.9 Å². The number of nitro groups is 1. The van der Waals surface area contributed by atoms with Crippen molar-refractivity contribution in [2.24, 2.45) is 10.9 Å². The molecule has 166 valence electrons. The number of rotatable bonds is 6. The summed E-state index contributed by atoms with van der Waals surface area (Å²) in [7, 11) is 0. The number of halogens is 2. The molecular weight excluding hydrogens is 483 g/mol. The number of benzene rings is 2. The predicted octanol–water partition coefficient (Wildman–Crippen LogP) is 2.18. The number of hydrogen-bond donors (Lipinski definition) is 4. The molecule has 0 fully saturated rings. The predicted molar refractivity (Wildman–Crippen MR) is 121 cm³/mol. The maximum Gasteiger partial charge on any atom is 0.339 e. The molecule has 0 radical (unpaired) electrons. The van der Waals surface area contributed by atoms with Gasteiger partial charge in [0.25, 0.3) is 5.91 Å². The van der Waals surface area contributed by atoms with Crippen molar-refractivity contribution in [2.75, 3.05) is 5.32 Å². The summed E-state index contributed by atoms with van der Waals surface area (Å²) in [6.45, 7) is 0. The Morgan fingerprint density at radius 2 is 1.97 bits per heavy atom. The van der Waals surface area contributed by atoms with Gasteiger partial charge < -0.3 is 10.1 Å². The van der Waals surface area contributed by atoms with E-state index in [9.17, 15) is 19.7 Å². The molecule has 5 N–H and O–H groups in total. The maximum absolute atomic E-state index is 13.0. The van der Waals surface area contributed by atoms with Gasteiger partial charge in [-0.05, 0) is 36.5 Å². The fourth-order valence-electron chi connectivity index (χ4n) is 2.93. The molecule has 32 heavy (non-hydrogen) atoms. The highest BCUT2D eigenvalue weighted by atomic mass is 35.5. The maximum atomic E-state index is 13.0. The van der Waals surface area contributed by atoms with Gasteiger partial charge >= 0.3 is 12.0 Å². The summed E-state index contributed by atoms with van der Waals surface area (Å²) in [6, 6.07) is 8.48. The van der Waals surface area contributed by atoms with Crippen LogP contribution in [0.3, 0.4) is 0 Å². The van der Waals surface area contributed by atoms with E-state index in [2.05, 4.69) is 21.3 Å². The molecule has 1 aliphatic heterocycles. The van der Waals surface area contributed by atoms with Gasteiger partial charge in [-0.1, -0.05) is 41.4 Å². The molecule has 3 rings (SSSR count). The summed E-state index contributed by atoms with van der Waals surface area (Å²) in [5.41, 5.74) is 4.28. The number of cyclic esters (lactones) is 1. The van der Waals surface area contributed by atoms with Crippen LogP contribution in [0.25, 0.3) is 0 Å². The largest absolute Gasteiger partial charge is 0.446 e. The number of hydrogen-bond acceptors (Lipinski definition) is 8. The Kier molecular flexibility index (Phi) is 7.20. The van der Waals surface area contributed by atoms with Crippen LogP contribution in [0.4, 0.5) is 5.69 Å². The highest BCUT2D eigenvalue weighted by Gasteiger charge is 2.48. The van der Waals surface area contributed by atoms with E-state index in [1.54, 1.807) is 12.1 Å². The van der Waals surface area contributed by atoms with Crippen LogP contribution >= 0.6 is 35.4 Å². The molecular formula is C18H14Cl2N6O5S. The molecule has 2 aromatic carbocycles. The number of nitrogens with one attached hydrogen (secondary N) is 3. The van der Waals surface area contributed by atoms with E-state index in [-0.39, 0.29) is 32.0 Å². The minimum Gasteiger partial charge on any atom is -0.446 e. The third-order valence-corrected chi connectivity index (χ3v) is 5.28. The number of nitrogens with zero attached hydrogens (tertiary/aromatic N) is 2. The molecule has 0 spiro atoms. The van der Waals surface area contributed by atoms with Crippen LogP contribution in [0, 0.1) is 10.1 Å². The number of fused-ring (bicyclic) bond motifs is 1. The van der Waals surface area contributed by atoms with Gasteiger partial charge in [-0.15, -0.1) is 0 Å². The van der Waals surface area contributed by atoms with Gasteiger partial charge in [0.05, 0.1) is 15.6 Å². The lowest BCUT2D eigenvalue weighted by Crippen LogP contribution is -2.45. The molecule has 11 nitrogen and oxygen atoms in total. The number of nitrogens with two attached hydrogens (primary N) is 1. The van der Waals surface area contributed by atoms with Crippen LogP contribution in [0.5, 0.6) is 0 Å². The standard InChI is InChI=1S/C18H14Cl2N6O5S/c19-11-6-5-8(7-12(11)20)22-16(27)13(24-25-18(32)23-21)14(26(29)30)15-9-3-1-2-4-10(9)17(28)31-15/h1-7,14-15H,21H2,(H,22,27)(H2,23,25,32)/b24-13-. The van der Waals surface area contributed by atoms with E-state index >= 15 is 0 Å². The van der Waals surface area contributed by atoms with Crippen LogP contribution < -0.4 is 22.0 Å². The van der Waals surface area contributed by atoms with Gasteiger partial charge in [-0.2, -0.15) is 5.10 Å². The molecule has 2 unspecified atom stereocenters. The number of amides is 1. The van der Waals surface area contributed by atoms with Crippen LogP contribution in [0.2, 0.25) is 10.0 Å². The van der Waals surface area contributed by atoms with E-state index in [1.165, 1.54) is 30.3 Å². The SMILES string of the molecule is NNC(=S)N/N=C(\C(=O)Nc1ccc(Cl)c(Cl)c1)C(C1OC(=O)c2ccccc21)[N+](=O)[O-]. The van der Waals surface area contributed by atoms with Crippen LogP contribution in [-0.2, 0) is 9.53 Å². The highest BCUT2D eigenvalue weighted by molar-refractivity contribution is 7.80. The van der Waals surface area contributed by atoms with Crippen molar-refractivity contribution in [1.29, 1.82) is 0 Å². The third-order valence-electron chi connectivity index (χ3n) is 4.33. The summed E-state index contributed by atoms with van der Waals surface area (Å²) in [4.78, 5) is 36.4. The monoisotopic (exact) mass is 496 g/mol. The third kappa shape index (κ3) is 4.94. The molecule has 2 atom stereocenters. The van der Waals surface area contributed by atoms with Crippen LogP contribution in [0.1, 0.15) is 22.0 Å². The lowest BCUT2D eigenvalue weighted by atomic mass is 9.96. The second kappa shape index (κ2) is 9.87. The zero-order valence-electron chi connectivity index (χ0n) is 15.9. The van der Waals surface area contributed by atoms with Gasteiger partial charge in [0.1, 0.15) is 0 Å². The molecule has 0 bridgehead atoms. The smallest absolute Gasteiger partial charge is 0.339 e. The van der Waals surface area contributed by atoms with E-state index in [4.69, 9.17) is 46.0 Å². The molecule has 0 saturated carbocycles. The number of hydrazine groups is 1. The van der Waals surface area contributed by atoms with Crippen molar-refractivity contribution in [2.45, 2.75) is 12.1 Å². The van der Waals surface area contributed by atoms with Crippen molar-refractivity contribution in [3.8, 4) is 0 Å². The normalized spacial score (nSPS) is 15.9. The average Bonchev–Trinajstić information content (AvgIpc) is 3.09. The van der Waals surface area contributed by atoms with Crippen molar-refractivity contribution < 1.29 is 19.2 Å². The number of esters is 1. The second-order valence-electron chi connectivity index (χ2n) is 6.31. The molecule has 14 heteroatoms. The van der Waals surface area contributed by atoms with Gasteiger partial charge in [0.2, 0.25) is 16.9 Å². The van der Waals surface area contributed by atoms with Crippen molar-refractivity contribution >= 4 is 63.8 Å². The number of carbonyl (C=O) groups is 2. The molecule has 2 aromatic rings. The first-order valence-electron chi connectivity index (χ1n) is 8.77. The van der Waals surface area contributed by atoms with Crippen molar-refractivity contribution in [3.63, 3.8) is 0 Å². The number of ether oxygens (including phenoxy) is 1. The quantitative estimate of drug-likeness (QED) is 0.117. The second-order valence-corrected chi connectivity index (χ2v) is 7.53. The molecule has 0 aliphatic carbocycles. The minimum absolute atomic E-state index is 0.152. The first kappa shape index (κ1) is 23.3. The van der Waals surface area contributed by atoms with Crippen LogP contribution in [0.15, 0.2) is 47.6 Å². The molecule has 1 amide bonds. The van der Waals surface area contributed by atoms with E-state index < -0.39 is 34.7 Å². The number of thiocarbonyl (C=S) groups is 1. The lowest BCUT2D eigenvalue weighted by Gasteiger charge is -2.18. The summed E-state index contributed by atoms with van der Waals surface area (Å²) >= 11 is 16.6. The summed E-state index contributed by atoms with van der Waals surface area (Å²) in [5.74, 6) is 3.44. The Morgan fingerprint density at radius 3 is 2.62 bits per heavy atom. The van der Waals surface area contributed by atoms with Gasteiger partial charge in [-0.25, -0.2) is 10.6 Å². The molecule has 1 heterocycles. The number of carbonyl (C=O) groups excluding carboxylic acids is 2. The molecule has 1 aliphatic rings. The Bertz CT molecular complexity index is 1140. The van der Waals surface area contributed by atoms with E-state index in [1.807, 2.05) is 0 Å². The minimum atomic E-state index is -1.88. The fraction of sp³-hybridized carbons (Fsp3) is 0.111. The number of anilines is 1. The fourth-order valence-corrected chi connectivity index (χ4v) is 3.27. The first-order chi connectivity index (χ1) is 15.2. The zero-order chi connectivity index (χ0) is 23.4.